The number of rotatable bonds is 2. The van der Waals surface area contributed by atoms with E-state index in [1.807, 2.05) is 0 Å². The Balaban J connectivity index is 2.03. The second kappa shape index (κ2) is 4.01. The molecule has 3 unspecified atom stereocenters. The molecule has 0 spiro atoms. The monoisotopic (exact) mass is 210 g/mol. The predicted octanol–water partition coefficient (Wildman–Crippen LogP) is 2.09. The summed E-state index contributed by atoms with van der Waals surface area (Å²) < 4.78 is 0. The van der Waals surface area contributed by atoms with Crippen LogP contribution in [0.5, 0.6) is 0 Å². The van der Waals surface area contributed by atoms with Crippen molar-refractivity contribution in [2.24, 2.45) is 11.7 Å². The van der Waals surface area contributed by atoms with Gasteiger partial charge in [-0.3, -0.25) is 4.90 Å². The zero-order chi connectivity index (χ0) is 10.1. The van der Waals surface area contributed by atoms with Crippen LogP contribution < -0.4 is 5.73 Å². The smallest absolute Gasteiger partial charge is 0.0328 e. The van der Waals surface area contributed by atoms with Crippen LogP contribution in [-0.4, -0.2) is 24.0 Å². The highest BCUT2D eigenvalue weighted by Crippen LogP contribution is 2.27. The summed E-state index contributed by atoms with van der Waals surface area (Å²) in [6.45, 7) is 6.69. The van der Waals surface area contributed by atoms with E-state index in [1.54, 1.807) is 11.3 Å². The van der Waals surface area contributed by atoms with E-state index < -0.39 is 0 Å². The van der Waals surface area contributed by atoms with E-state index in [2.05, 4.69) is 35.6 Å². The normalized spacial score (nSPS) is 30.8. The first-order valence-electron chi connectivity index (χ1n) is 5.20. The van der Waals surface area contributed by atoms with Crippen molar-refractivity contribution in [2.75, 3.05) is 13.1 Å². The standard InChI is InChI=1S/C11H18N2S/c1-8-5-13(6-11(8)12)9(2)10-3-4-14-7-10/h3-4,7-9,11H,5-6,12H2,1-2H3. The molecule has 3 heteroatoms. The Morgan fingerprint density at radius 1 is 1.57 bits per heavy atom. The Bertz CT molecular complexity index is 273. The molecule has 0 aliphatic carbocycles. The van der Waals surface area contributed by atoms with Crippen molar-refractivity contribution >= 4 is 11.3 Å². The summed E-state index contributed by atoms with van der Waals surface area (Å²) in [5, 5.41) is 4.38. The average Bonchev–Trinajstić information content (AvgIpc) is 2.76. The first-order chi connectivity index (χ1) is 6.68. The molecule has 3 atom stereocenters. The minimum absolute atomic E-state index is 0.357. The van der Waals surface area contributed by atoms with E-state index in [0.29, 0.717) is 18.0 Å². The minimum atomic E-state index is 0.357. The number of thiophene rings is 1. The third kappa shape index (κ3) is 1.85. The lowest BCUT2D eigenvalue weighted by molar-refractivity contribution is 0.254. The summed E-state index contributed by atoms with van der Waals surface area (Å²) in [4.78, 5) is 2.48. The van der Waals surface area contributed by atoms with Crippen molar-refractivity contribution in [3.63, 3.8) is 0 Å². The van der Waals surface area contributed by atoms with E-state index in [1.165, 1.54) is 5.56 Å². The van der Waals surface area contributed by atoms with Gasteiger partial charge < -0.3 is 5.73 Å². The lowest BCUT2D eigenvalue weighted by Crippen LogP contribution is -2.29. The molecule has 2 rings (SSSR count). The molecule has 14 heavy (non-hydrogen) atoms. The average molecular weight is 210 g/mol. The van der Waals surface area contributed by atoms with E-state index in [4.69, 9.17) is 5.73 Å². The fourth-order valence-electron chi connectivity index (χ4n) is 2.07. The van der Waals surface area contributed by atoms with Crippen LogP contribution in [0.2, 0.25) is 0 Å². The molecule has 78 valence electrons. The van der Waals surface area contributed by atoms with Crippen LogP contribution in [0.4, 0.5) is 0 Å². The molecule has 2 nitrogen and oxygen atoms in total. The molecular weight excluding hydrogens is 192 g/mol. The zero-order valence-electron chi connectivity index (χ0n) is 8.81. The summed E-state index contributed by atoms with van der Waals surface area (Å²) in [5.41, 5.74) is 7.45. The molecule has 0 bridgehead atoms. The Labute approximate surface area is 89.7 Å². The zero-order valence-corrected chi connectivity index (χ0v) is 9.63. The molecule has 2 heterocycles. The van der Waals surface area contributed by atoms with E-state index in [0.717, 1.165) is 13.1 Å². The molecule has 1 aliphatic rings. The molecule has 2 N–H and O–H groups in total. The maximum atomic E-state index is 6.02. The number of hydrogen-bond acceptors (Lipinski definition) is 3. The van der Waals surface area contributed by atoms with Gasteiger partial charge in [0.25, 0.3) is 0 Å². The molecule has 0 radical (unpaired) electrons. The van der Waals surface area contributed by atoms with Crippen LogP contribution in [-0.2, 0) is 0 Å². The molecule has 1 aromatic heterocycles. The maximum absolute atomic E-state index is 6.02. The number of nitrogens with two attached hydrogens (primary N) is 1. The van der Waals surface area contributed by atoms with Gasteiger partial charge in [-0.15, -0.1) is 0 Å². The highest BCUT2D eigenvalue weighted by atomic mass is 32.1. The van der Waals surface area contributed by atoms with Crippen LogP contribution >= 0.6 is 11.3 Å². The number of hydrogen-bond donors (Lipinski definition) is 1. The first-order valence-corrected chi connectivity index (χ1v) is 6.14. The van der Waals surface area contributed by atoms with Crippen LogP contribution in [0.1, 0.15) is 25.5 Å². The van der Waals surface area contributed by atoms with Gasteiger partial charge in [-0.05, 0) is 35.2 Å². The van der Waals surface area contributed by atoms with Gasteiger partial charge in [-0.25, -0.2) is 0 Å². The van der Waals surface area contributed by atoms with Crippen molar-refractivity contribution in [1.82, 2.24) is 4.90 Å². The van der Waals surface area contributed by atoms with Gasteiger partial charge in [0.2, 0.25) is 0 Å². The third-order valence-corrected chi connectivity index (χ3v) is 3.97. The van der Waals surface area contributed by atoms with Gasteiger partial charge in [0.1, 0.15) is 0 Å². The van der Waals surface area contributed by atoms with Crippen molar-refractivity contribution in [3.05, 3.63) is 22.4 Å². The molecule has 0 aromatic carbocycles. The molecule has 0 saturated carbocycles. The minimum Gasteiger partial charge on any atom is -0.326 e. The second-order valence-electron chi connectivity index (χ2n) is 4.33. The van der Waals surface area contributed by atoms with Gasteiger partial charge in [-0.2, -0.15) is 11.3 Å². The van der Waals surface area contributed by atoms with E-state index >= 15 is 0 Å². The van der Waals surface area contributed by atoms with Crippen LogP contribution in [0.3, 0.4) is 0 Å². The van der Waals surface area contributed by atoms with E-state index in [9.17, 15) is 0 Å². The van der Waals surface area contributed by atoms with E-state index in [-0.39, 0.29) is 0 Å². The Hall–Kier alpha value is -0.380. The SMILES string of the molecule is CC1CN(C(C)c2ccsc2)CC1N. The van der Waals surface area contributed by atoms with Crippen molar-refractivity contribution in [1.29, 1.82) is 0 Å². The molecule has 1 saturated heterocycles. The van der Waals surface area contributed by atoms with Crippen molar-refractivity contribution in [3.8, 4) is 0 Å². The Morgan fingerprint density at radius 2 is 2.36 bits per heavy atom. The van der Waals surface area contributed by atoms with Crippen molar-refractivity contribution < 1.29 is 0 Å². The summed E-state index contributed by atoms with van der Waals surface area (Å²) >= 11 is 1.77. The topological polar surface area (TPSA) is 29.3 Å². The quantitative estimate of drug-likeness (QED) is 0.810. The van der Waals surface area contributed by atoms with Gasteiger partial charge in [0.05, 0.1) is 0 Å². The molecule has 0 amide bonds. The lowest BCUT2D eigenvalue weighted by Gasteiger charge is -2.23. The van der Waals surface area contributed by atoms with Gasteiger partial charge in [-0.1, -0.05) is 6.92 Å². The third-order valence-electron chi connectivity index (χ3n) is 3.27. The summed E-state index contributed by atoms with van der Waals surface area (Å²) in [7, 11) is 0. The summed E-state index contributed by atoms with van der Waals surface area (Å²) in [5.74, 6) is 0.635. The molecule has 1 fully saturated rings. The molecular formula is C11H18N2S. The predicted molar refractivity (Wildman–Crippen MR) is 61.4 cm³/mol. The van der Waals surface area contributed by atoms with Gasteiger partial charge >= 0.3 is 0 Å². The maximum Gasteiger partial charge on any atom is 0.0328 e. The highest BCUT2D eigenvalue weighted by molar-refractivity contribution is 7.07. The Morgan fingerprint density at radius 3 is 2.86 bits per heavy atom. The summed E-state index contributed by atoms with van der Waals surface area (Å²) in [6, 6.07) is 3.09. The summed E-state index contributed by atoms with van der Waals surface area (Å²) in [6.07, 6.45) is 0. The van der Waals surface area contributed by atoms with Gasteiger partial charge in [0, 0.05) is 25.2 Å². The largest absolute Gasteiger partial charge is 0.326 e. The number of nitrogens with zero attached hydrogens (tertiary/aromatic N) is 1. The highest BCUT2D eigenvalue weighted by Gasteiger charge is 2.29. The van der Waals surface area contributed by atoms with Crippen LogP contribution in [0.25, 0.3) is 0 Å². The van der Waals surface area contributed by atoms with Crippen molar-refractivity contribution in [2.45, 2.75) is 25.9 Å². The number of likely N-dealkylation sites (tertiary alicyclic amines) is 1. The Kier molecular flexibility index (Phi) is 2.91. The van der Waals surface area contributed by atoms with Crippen LogP contribution in [0, 0.1) is 5.92 Å². The van der Waals surface area contributed by atoms with Crippen LogP contribution in [0.15, 0.2) is 16.8 Å². The first kappa shape index (κ1) is 10.1. The fraction of sp³-hybridized carbons (Fsp3) is 0.636. The second-order valence-corrected chi connectivity index (χ2v) is 5.11. The molecule has 1 aliphatic heterocycles. The lowest BCUT2D eigenvalue weighted by atomic mass is 10.1. The molecule has 1 aromatic rings. The fourth-order valence-corrected chi connectivity index (χ4v) is 2.82. The van der Waals surface area contributed by atoms with Gasteiger partial charge in [0.15, 0.2) is 0 Å².